The highest BCUT2D eigenvalue weighted by molar-refractivity contribution is 7.12. The molecule has 3 rings (SSSR count). The zero-order valence-electron chi connectivity index (χ0n) is 16.1. The summed E-state index contributed by atoms with van der Waals surface area (Å²) in [5.74, 6) is -0.255. The molecule has 158 valence electrons. The molecule has 1 saturated carbocycles. The lowest BCUT2D eigenvalue weighted by atomic mass is 9.65. The maximum atomic E-state index is 13.7. The average Bonchev–Trinajstić information content (AvgIpc) is 3.12. The highest BCUT2D eigenvalue weighted by atomic mass is 35.5. The van der Waals surface area contributed by atoms with Crippen molar-refractivity contribution in [1.82, 2.24) is 15.3 Å². The lowest BCUT2D eigenvalue weighted by Crippen LogP contribution is -2.46. The Balaban J connectivity index is 1.70. The number of rotatable bonds is 8. The summed E-state index contributed by atoms with van der Waals surface area (Å²) in [6, 6.07) is 3.47. The smallest absolute Gasteiger partial charge is 0.222 e. The summed E-state index contributed by atoms with van der Waals surface area (Å²) in [4.78, 5) is 24.8. The number of nitrogens with one attached hydrogen (secondary N) is 1. The first-order valence-corrected chi connectivity index (χ1v) is 10.4. The number of carbonyl (C=O) groups excluding carboxylic acids is 1. The van der Waals surface area contributed by atoms with Gasteiger partial charge >= 0.3 is 0 Å². The molecule has 10 heteroatoms. The molecule has 0 unspecified atom stereocenters. The molecule has 1 fully saturated rings. The van der Waals surface area contributed by atoms with Crippen LogP contribution < -0.4 is 16.8 Å². The van der Waals surface area contributed by atoms with Crippen LogP contribution in [0.15, 0.2) is 48.4 Å². The van der Waals surface area contributed by atoms with Crippen LogP contribution in [-0.2, 0) is 16.6 Å². The lowest BCUT2D eigenvalue weighted by molar-refractivity contribution is -0.117. The molecule has 0 bridgehead atoms. The van der Waals surface area contributed by atoms with Gasteiger partial charge in [-0.3, -0.25) is 14.8 Å². The molecule has 1 aliphatic carbocycles. The molecule has 0 atom stereocenters. The van der Waals surface area contributed by atoms with Crippen molar-refractivity contribution in [2.75, 3.05) is 6.54 Å². The molecule has 30 heavy (non-hydrogen) atoms. The molecule has 0 aliphatic heterocycles. The van der Waals surface area contributed by atoms with Crippen molar-refractivity contribution in [3.8, 4) is 0 Å². The minimum Gasteiger partial charge on any atom is -0.370 e. The Morgan fingerprint density at radius 1 is 1.47 bits per heavy atom. The number of alkyl halides is 1. The van der Waals surface area contributed by atoms with E-state index in [4.69, 9.17) is 23.1 Å². The number of aromatic nitrogens is 2. The van der Waals surface area contributed by atoms with Crippen LogP contribution in [0.3, 0.4) is 0 Å². The first-order valence-electron chi connectivity index (χ1n) is 9.20. The van der Waals surface area contributed by atoms with Gasteiger partial charge in [-0.15, -0.1) is 11.3 Å². The minimum absolute atomic E-state index is 0.132. The number of carbonyl (C=O) groups is 1. The van der Waals surface area contributed by atoms with E-state index in [1.165, 1.54) is 11.3 Å². The highest BCUT2D eigenvalue weighted by Gasteiger charge is 2.48. The third kappa shape index (κ3) is 5.03. The van der Waals surface area contributed by atoms with E-state index in [2.05, 4.69) is 26.9 Å². The van der Waals surface area contributed by atoms with Gasteiger partial charge < -0.3 is 16.8 Å². The molecule has 7 nitrogen and oxygen atoms in total. The fraction of sp³-hybridized carbons (Fsp3) is 0.300. The zero-order valence-corrected chi connectivity index (χ0v) is 17.7. The van der Waals surface area contributed by atoms with Crippen LogP contribution in [0.1, 0.15) is 28.4 Å². The second kappa shape index (κ2) is 9.36. The summed E-state index contributed by atoms with van der Waals surface area (Å²) in [7, 11) is 0. The van der Waals surface area contributed by atoms with Gasteiger partial charge in [0.2, 0.25) is 5.91 Å². The van der Waals surface area contributed by atoms with Crippen molar-refractivity contribution in [3.63, 3.8) is 0 Å². The molecule has 1 amide bonds. The van der Waals surface area contributed by atoms with E-state index in [0.717, 1.165) is 4.88 Å². The van der Waals surface area contributed by atoms with Gasteiger partial charge in [-0.1, -0.05) is 24.3 Å². The Morgan fingerprint density at radius 3 is 2.87 bits per heavy atom. The molecule has 0 spiro atoms. The number of nitrogens with two attached hydrogens (primary N) is 2. The molecule has 2 heterocycles. The van der Waals surface area contributed by atoms with Crippen molar-refractivity contribution in [3.05, 3.63) is 64.0 Å². The van der Waals surface area contributed by atoms with E-state index in [9.17, 15) is 9.18 Å². The number of aliphatic imine (C=N–C) groups is 1. The fourth-order valence-corrected chi connectivity index (χ4v) is 4.55. The Kier molecular flexibility index (Phi) is 6.84. The Morgan fingerprint density at radius 2 is 2.23 bits per heavy atom. The van der Waals surface area contributed by atoms with Gasteiger partial charge in [-0.05, 0) is 25.0 Å². The first-order chi connectivity index (χ1) is 14.3. The van der Waals surface area contributed by atoms with Gasteiger partial charge in [-0.2, -0.15) is 0 Å². The van der Waals surface area contributed by atoms with Crippen LogP contribution in [0.2, 0.25) is 5.02 Å². The van der Waals surface area contributed by atoms with E-state index in [-0.39, 0.29) is 18.9 Å². The third-order valence-electron chi connectivity index (χ3n) is 4.78. The van der Waals surface area contributed by atoms with Crippen molar-refractivity contribution >= 4 is 40.4 Å². The van der Waals surface area contributed by atoms with Gasteiger partial charge in [0.1, 0.15) is 11.2 Å². The van der Waals surface area contributed by atoms with E-state index in [0.29, 0.717) is 34.1 Å². The fourth-order valence-electron chi connectivity index (χ4n) is 3.30. The summed E-state index contributed by atoms with van der Waals surface area (Å²) in [5.41, 5.74) is 12.0. The maximum Gasteiger partial charge on any atom is 0.222 e. The topological polar surface area (TPSA) is 119 Å². The number of allylic oxidation sites excluding steroid dienone is 2. The molecule has 0 aromatic carbocycles. The van der Waals surface area contributed by atoms with Crippen molar-refractivity contribution in [2.45, 2.75) is 30.8 Å². The van der Waals surface area contributed by atoms with Crippen LogP contribution >= 0.6 is 22.9 Å². The molecule has 0 radical (unpaired) electrons. The highest BCUT2D eigenvalue weighted by Crippen LogP contribution is 2.47. The zero-order chi connectivity index (χ0) is 21.7. The van der Waals surface area contributed by atoms with Crippen LogP contribution in [-0.4, -0.2) is 34.6 Å². The van der Waals surface area contributed by atoms with Gasteiger partial charge in [0, 0.05) is 34.5 Å². The molecule has 5 N–H and O–H groups in total. The molecule has 1 aliphatic rings. The number of thiazole rings is 1. The Labute approximate surface area is 182 Å². The van der Waals surface area contributed by atoms with Gasteiger partial charge in [-0.25, -0.2) is 9.37 Å². The third-order valence-corrected chi connectivity index (χ3v) is 6.13. The summed E-state index contributed by atoms with van der Waals surface area (Å²) in [6.07, 6.45) is 6.31. The molecule has 0 saturated heterocycles. The number of hydrogen-bond donors (Lipinski definition) is 3. The van der Waals surface area contributed by atoms with Gasteiger partial charge in [0.05, 0.1) is 23.7 Å². The molecular weight excluding hydrogens is 427 g/mol. The Hall–Kier alpha value is -2.78. The average molecular weight is 449 g/mol. The standard InChI is InChI=1S/C20H22ClFN6OS/c1-2-12(18-26-10-14(30-18)6-16(23)29)9-27-19(24)28-11-20(7-13(22)8-20)17-15(21)4-3-5-25-17/h2-5,9-10,13H,1,6-8,11H2,(H2,23,29)(H3,24,27,28)/b12-9+. The largest absolute Gasteiger partial charge is 0.370 e. The number of amides is 1. The number of guanidine groups is 1. The Bertz CT molecular complexity index is 999. The number of pyridine rings is 1. The predicted octanol–water partition coefficient (Wildman–Crippen LogP) is 2.72. The van der Waals surface area contributed by atoms with Crippen molar-refractivity contribution in [2.24, 2.45) is 16.5 Å². The SMILES string of the molecule is C=C/C(=C\NC(N)=NCC1(c2ncccc2Cl)CC(F)C1)c1ncc(CC(N)=O)s1. The number of halogens is 2. The van der Waals surface area contributed by atoms with Gasteiger partial charge in [0.25, 0.3) is 0 Å². The second-order valence-electron chi connectivity index (χ2n) is 7.04. The van der Waals surface area contributed by atoms with Crippen LogP contribution in [0.4, 0.5) is 4.39 Å². The van der Waals surface area contributed by atoms with Crippen LogP contribution in [0, 0.1) is 0 Å². The summed E-state index contributed by atoms with van der Waals surface area (Å²) in [5, 5.41) is 4.06. The van der Waals surface area contributed by atoms with Crippen molar-refractivity contribution < 1.29 is 9.18 Å². The number of primary amides is 1. The molecular formula is C20H22ClFN6OS. The summed E-state index contributed by atoms with van der Waals surface area (Å²) < 4.78 is 13.7. The monoisotopic (exact) mass is 448 g/mol. The van der Waals surface area contributed by atoms with E-state index in [1.807, 2.05) is 0 Å². The number of hydrogen-bond acceptors (Lipinski definition) is 5. The number of nitrogens with zero attached hydrogens (tertiary/aromatic N) is 3. The maximum absolute atomic E-state index is 13.7. The lowest BCUT2D eigenvalue weighted by Gasteiger charge is -2.43. The first kappa shape index (κ1) is 21.9. The minimum atomic E-state index is -0.903. The van der Waals surface area contributed by atoms with Crippen LogP contribution in [0.25, 0.3) is 5.57 Å². The van der Waals surface area contributed by atoms with Crippen LogP contribution in [0.5, 0.6) is 0 Å². The summed E-state index contributed by atoms with van der Waals surface area (Å²) in [6.45, 7) is 4.04. The molecule has 2 aromatic heterocycles. The quantitative estimate of drug-likeness (QED) is 0.326. The van der Waals surface area contributed by atoms with E-state index >= 15 is 0 Å². The van der Waals surface area contributed by atoms with Crippen molar-refractivity contribution in [1.29, 1.82) is 0 Å². The predicted molar refractivity (Wildman–Crippen MR) is 118 cm³/mol. The second-order valence-corrected chi connectivity index (χ2v) is 8.57. The van der Waals surface area contributed by atoms with E-state index < -0.39 is 17.5 Å². The van der Waals surface area contributed by atoms with Gasteiger partial charge in [0.15, 0.2) is 5.96 Å². The molecule has 2 aromatic rings. The normalized spacial score (nSPS) is 21.7. The summed E-state index contributed by atoms with van der Waals surface area (Å²) >= 11 is 7.61. The van der Waals surface area contributed by atoms with E-state index in [1.54, 1.807) is 36.8 Å².